The van der Waals surface area contributed by atoms with Gasteiger partial charge in [0.1, 0.15) is 0 Å². The number of benzene rings is 1. The maximum Gasteiger partial charge on any atom is 0.273 e. The molecule has 0 aliphatic carbocycles. The first-order chi connectivity index (χ1) is 11.0. The van der Waals surface area contributed by atoms with Gasteiger partial charge in [0.15, 0.2) is 0 Å². The first kappa shape index (κ1) is 15.9. The standard InChI is InChI=1S/C17H23N3O3/c1-3-11-4-5-12(8-16(11)20(22)23)17(21)19(2)15-9-13-6-7-14(10-15)18-13/h4-5,8,13-15,18H,3,6-7,9-10H2,1-2H3. The van der Waals surface area contributed by atoms with Crippen LogP contribution in [-0.4, -0.2) is 40.9 Å². The van der Waals surface area contributed by atoms with Gasteiger partial charge in [-0.15, -0.1) is 0 Å². The zero-order valence-corrected chi connectivity index (χ0v) is 13.6. The zero-order chi connectivity index (χ0) is 16.6. The number of nitro groups is 1. The molecule has 2 aliphatic heterocycles. The number of amides is 1. The Kier molecular flexibility index (Phi) is 4.35. The van der Waals surface area contributed by atoms with Crippen molar-refractivity contribution in [1.29, 1.82) is 0 Å². The van der Waals surface area contributed by atoms with Crippen molar-refractivity contribution in [3.8, 4) is 0 Å². The molecule has 6 nitrogen and oxygen atoms in total. The molecule has 2 aliphatic rings. The average molecular weight is 317 g/mol. The first-order valence-electron chi connectivity index (χ1n) is 8.30. The summed E-state index contributed by atoms with van der Waals surface area (Å²) in [5.41, 5.74) is 1.11. The molecule has 0 radical (unpaired) electrons. The molecule has 124 valence electrons. The van der Waals surface area contributed by atoms with Crippen LogP contribution in [0.3, 0.4) is 0 Å². The van der Waals surface area contributed by atoms with Crippen molar-refractivity contribution in [2.45, 2.75) is 57.2 Å². The molecule has 0 aromatic heterocycles. The molecule has 6 heteroatoms. The molecule has 1 N–H and O–H groups in total. The number of hydrogen-bond acceptors (Lipinski definition) is 4. The van der Waals surface area contributed by atoms with Crippen LogP contribution in [0.5, 0.6) is 0 Å². The lowest BCUT2D eigenvalue weighted by Gasteiger charge is -2.35. The van der Waals surface area contributed by atoms with Gasteiger partial charge < -0.3 is 10.2 Å². The highest BCUT2D eigenvalue weighted by Crippen LogP contribution is 2.30. The third kappa shape index (κ3) is 3.08. The Hall–Kier alpha value is -1.95. The van der Waals surface area contributed by atoms with Crippen LogP contribution in [0, 0.1) is 10.1 Å². The summed E-state index contributed by atoms with van der Waals surface area (Å²) in [6.45, 7) is 1.88. The van der Waals surface area contributed by atoms with E-state index in [9.17, 15) is 14.9 Å². The summed E-state index contributed by atoms with van der Waals surface area (Å²) in [4.78, 5) is 25.3. The van der Waals surface area contributed by atoms with E-state index in [1.165, 1.54) is 18.9 Å². The summed E-state index contributed by atoms with van der Waals surface area (Å²) in [6, 6.07) is 6.06. The molecule has 0 saturated carbocycles. The van der Waals surface area contributed by atoms with E-state index >= 15 is 0 Å². The molecule has 2 atom stereocenters. The molecule has 23 heavy (non-hydrogen) atoms. The van der Waals surface area contributed by atoms with Gasteiger partial charge >= 0.3 is 0 Å². The summed E-state index contributed by atoms with van der Waals surface area (Å²) in [5.74, 6) is -0.123. The maximum atomic E-state index is 12.7. The predicted molar refractivity (Wildman–Crippen MR) is 87.5 cm³/mol. The average Bonchev–Trinajstić information content (AvgIpc) is 2.90. The number of nitro benzene ring substituents is 1. The summed E-state index contributed by atoms with van der Waals surface area (Å²) in [6.07, 6.45) is 4.87. The van der Waals surface area contributed by atoms with E-state index in [4.69, 9.17) is 0 Å². The number of nitrogens with one attached hydrogen (secondary N) is 1. The second-order valence-electron chi connectivity index (χ2n) is 6.63. The van der Waals surface area contributed by atoms with Gasteiger partial charge in [-0.2, -0.15) is 0 Å². The Labute approximate surface area is 136 Å². The van der Waals surface area contributed by atoms with Crippen LogP contribution in [0.1, 0.15) is 48.5 Å². The lowest BCUT2D eigenvalue weighted by Crippen LogP contribution is -2.48. The minimum atomic E-state index is -0.402. The fourth-order valence-electron chi connectivity index (χ4n) is 3.88. The van der Waals surface area contributed by atoms with E-state index < -0.39 is 4.92 Å². The van der Waals surface area contributed by atoms with Crippen molar-refractivity contribution in [3.05, 3.63) is 39.4 Å². The number of carbonyl (C=O) groups is 1. The second kappa shape index (κ2) is 6.28. The minimum Gasteiger partial charge on any atom is -0.339 e. The Morgan fingerprint density at radius 3 is 2.57 bits per heavy atom. The Bertz CT molecular complexity index is 620. The molecule has 2 heterocycles. The smallest absolute Gasteiger partial charge is 0.273 e. The van der Waals surface area contributed by atoms with Crippen LogP contribution in [0.4, 0.5) is 5.69 Å². The molecule has 2 saturated heterocycles. The molecule has 1 aromatic carbocycles. The summed E-state index contributed by atoms with van der Waals surface area (Å²) < 4.78 is 0. The van der Waals surface area contributed by atoms with E-state index in [1.807, 2.05) is 14.0 Å². The SMILES string of the molecule is CCc1ccc(C(=O)N(C)C2CC3CCC(C2)N3)cc1[N+](=O)[O-]. The molecule has 2 fully saturated rings. The zero-order valence-electron chi connectivity index (χ0n) is 13.6. The highest BCUT2D eigenvalue weighted by molar-refractivity contribution is 5.95. The van der Waals surface area contributed by atoms with Gasteiger partial charge in [-0.05, 0) is 38.2 Å². The lowest BCUT2D eigenvalue weighted by atomic mass is 9.97. The van der Waals surface area contributed by atoms with Gasteiger partial charge in [0.2, 0.25) is 0 Å². The number of piperidine rings is 1. The molecule has 3 rings (SSSR count). The van der Waals surface area contributed by atoms with Crippen LogP contribution in [-0.2, 0) is 6.42 Å². The third-order valence-corrected chi connectivity index (χ3v) is 5.23. The molecule has 0 spiro atoms. The normalized spacial score (nSPS) is 26.1. The van der Waals surface area contributed by atoms with Gasteiger partial charge in [0.05, 0.1) is 4.92 Å². The lowest BCUT2D eigenvalue weighted by molar-refractivity contribution is -0.385. The number of nitrogens with zero attached hydrogens (tertiary/aromatic N) is 2. The van der Waals surface area contributed by atoms with Crippen LogP contribution in [0.25, 0.3) is 0 Å². The van der Waals surface area contributed by atoms with Gasteiger partial charge in [0, 0.05) is 42.4 Å². The highest BCUT2D eigenvalue weighted by Gasteiger charge is 2.36. The highest BCUT2D eigenvalue weighted by atomic mass is 16.6. The number of fused-ring (bicyclic) bond motifs is 2. The minimum absolute atomic E-state index is 0.0390. The number of carbonyl (C=O) groups excluding carboxylic acids is 1. The molecule has 1 amide bonds. The van der Waals surface area contributed by atoms with Gasteiger partial charge in [0.25, 0.3) is 11.6 Å². The summed E-state index contributed by atoms with van der Waals surface area (Å²) in [7, 11) is 1.82. The number of aryl methyl sites for hydroxylation is 1. The Morgan fingerprint density at radius 1 is 1.35 bits per heavy atom. The molecule has 2 unspecified atom stereocenters. The fourth-order valence-corrected chi connectivity index (χ4v) is 3.88. The third-order valence-electron chi connectivity index (χ3n) is 5.23. The number of rotatable bonds is 4. The van der Waals surface area contributed by atoms with Crippen LogP contribution < -0.4 is 5.32 Å². The van der Waals surface area contributed by atoms with E-state index in [0.29, 0.717) is 29.6 Å². The van der Waals surface area contributed by atoms with Gasteiger partial charge in [-0.25, -0.2) is 0 Å². The first-order valence-corrected chi connectivity index (χ1v) is 8.30. The van der Waals surface area contributed by atoms with E-state index in [0.717, 1.165) is 12.8 Å². The van der Waals surface area contributed by atoms with Crippen molar-refractivity contribution < 1.29 is 9.72 Å². The van der Waals surface area contributed by atoms with E-state index in [2.05, 4.69) is 5.32 Å². The van der Waals surface area contributed by atoms with Crippen LogP contribution >= 0.6 is 0 Å². The Morgan fingerprint density at radius 2 is 2.00 bits per heavy atom. The van der Waals surface area contributed by atoms with Crippen molar-refractivity contribution in [2.24, 2.45) is 0 Å². The predicted octanol–water partition coefficient (Wildman–Crippen LogP) is 2.51. The molecular formula is C17H23N3O3. The summed E-state index contributed by atoms with van der Waals surface area (Å²) >= 11 is 0. The second-order valence-corrected chi connectivity index (χ2v) is 6.63. The van der Waals surface area contributed by atoms with Crippen LogP contribution in [0.2, 0.25) is 0 Å². The van der Waals surface area contributed by atoms with Crippen LogP contribution in [0.15, 0.2) is 18.2 Å². The maximum absolute atomic E-state index is 12.7. The molecular weight excluding hydrogens is 294 g/mol. The molecule has 1 aromatic rings. The topological polar surface area (TPSA) is 75.5 Å². The van der Waals surface area contributed by atoms with Gasteiger partial charge in [-0.1, -0.05) is 13.0 Å². The summed E-state index contributed by atoms with van der Waals surface area (Å²) in [5, 5.41) is 14.8. The quantitative estimate of drug-likeness (QED) is 0.684. The van der Waals surface area contributed by atoms with Crippen molar-refractivity contribution in [1.82, 2.24) is 10.2 Å². The fraction of sp³-hybridized carbons (Fsp3) is 0.588. The Balaban J connectivity index is 1.79. The van der Waals surface area contributed by atoms with Crippen molar-refractivity contribution >= 4 is 11.6 Å². The monoisotopic (exact) mass is 317 g/mol. The van der Waals surface area contributed by atoms with E-state index in [1.54, 1.807) is 17.0 Å². The van der Waals surface area contributed by atoms with Crippen molar-refractivity contribution in [2.75, 3.05) is 7.05 Å². The van der Waals surface area contributed by atoms with E-state index in [-0.39, 0.29) is 17.6 Å². The molecule has 2 bridgehead atoms. The number of hydrogen-bond donors (Lipinski definition) is 1. The largest absolute Gasteiger partial charge is 0.339 e. The van der Waals surface area contributed by atoms with Crippen molar-refractivity contribution in [3.63, 3.8) is 0 Å². The van der Waals surface area contributed by atoms with Gasteiger partial charge in [-0.3, -0.25) is 14.9 Å².